The molecule has 0 radical (unpaired) electrons. The Kier molecular flexibility index (Phi) is 6.24. The highest BCUT2D eigenvalue weighted by Gasteiger charge is 2.19. The molecule has 1 atom stereocenters. The van der Waals surface area contributed by atoms with Gasteiger partial charge in [0.1, 0.15) is 5.37 Å². The fourth-order valence-corrected chi connectivity index (χ4v) is 1.64. The van der Waals surface area contributed by atoms with Gasteiger partial charge < -0.3 is 5.32 Å². The molecule has 15 heavy (non-hydrogen) atoms. The standard InChI is InChI=1S/C10H17NO3S/c1-6(2)5-9(14)11-10(7(3)12)15-8(4)13/h6,10H,5H2,1-4H3,(H,11,14)/t10-/m0/s1. The summed E-state index contributed by atoms with van der Waals surface area (Å²) in [7, 11) is 0. The molecule has 1 N–H and O–H groups in total. The van der Waals surface area contributed by atoms with E-state index in [1.165, 1.54) is 13.8 Å². The highest BCUT2D eigenvalue weighted by atomic mass is 32.2. The minimum Gasteiger partial charge on any atom is -0.337 e. The molecule has 0 aromatic heterocycles. The van der Waals surface area contributed by atoms with Crippen molar-refractivity contribution in [3.63, 3.8) is 0 Å². The number of carbonyl (C=O) groups is 3. The van der Waals surface area contributed by atoms with Crippen molar-refractivity contribution >= 4 is 28.6 Å². The number of hydrogen-bond donors (Lipinski definition) is 1. The highest BCUT2D eigenvalue weighted by molar-refractivity contribution is 8.14. The second-order valence-corrected chi connectivity index (χ2v) is 5.05. The van der Waals surface area contributed by atoms with Crippen LogP contribution in [0.5, 0.6) is 0 Å². The van der Waals surface area contributed by atoms with Gasteiger partial charge >= 0.3 is 0 Å². The quantitative estimate of drug-likeness (QED) is 0.725. The molecule has 5 heteroatoms. The topological polar surface area (TPSA) is 63.2 Å². The Morgan fingerprint density at radius 3 is 2.07 bits per heavy atom. The van der Waals surface area contributed by atoms with Crippen LogP contribution in [-0.4, -0.2) is 22.2 Å². The Morgan fingerprint density at radius 1 is 1.20 bits per heavy atom. The first kappa shape index (κ1) is 14.2. The predicted molar refractivity (Wildman–Crippen MR) is 60.3 cm³/mol. The summed E-state index contributed by atoms with van der Waals surface area (Å²) >= 11 is 0.843. The molecule has 1 amide bonds. The second-order valence-electron chi connectivity index (χ2n) is 3.77. The van der Waals surface area contributed by atoms with Crippen LogP contribution in [0.2, 0.25) is 0 Å². The van der Waals surface area contributed by atoms with E-state index in [1.54, 1.807) is 0 Å². The van der Waals surface area contributed by atoms with Crippen molar-refractivity contribution in [2.45, 2.75) is 39.5 Å². The molecule has 0 bridgehead atoms. The Hall–Kier alpha value is -0.840. The van der Waals surface area contributed by atoms with Crippen molar-refractivity contribution in [3.8, 4) is 0 Å². The molecule has 0 aliphatic heterocycles. The van der Waals surface area contributed by atoms with Gasteiger partial charge in [-0.05, 0) is 12.8 Å². The lowest BCUT2D eigenvalue weighted by Crippen LogP contribution is -2.38. The van der Waals surface area contributed by atoms with Crippen LogP contribution in [0.15, 0.2) is 0 Å². The summed E-state index contributed by atoms with van der Waals surface area (Å²) in [6.07, 6.45) is 0.363. The van der Waals surface area contributed by atoms with Crippen molar-refractivity contribution < 1.29 is 14.4 Å². The van der Waals surface area contributed by atoms with Crippen molar-refractivity contribution in [2.24, 2.45) is 5.92 Å². The van der Waals surface area contributed by atoms with Gasteiger partial charge in [0, 0.05) is 13.3 Å². The molecule has 4 nitrogen and oxygen atoms in total. The highest BCUT2D eigenvalue weighted by Crippen LogP contribution is 2.11. The molecule has 0 aromatic carbocycles. The number of Topliss-reactive ketones (excluding diaryl/α,β-unsaturated/α-hetero) is 1. The largest absolute Gasteiger partial charge is 0.337 e. The Morgan fingerprint density at radius 2 is 1.73 bits per heavy atom. The van der Waals surface area contributed by atoms with E-state index < -0.39 is 5.37 Å². The van der Waals surface area contributed by atoms with E-state index in [0.717, 1.165) is 11.8 Å². The first-order chi connectivity index (χ1) is 6.82. The van der Waals surface area contributed by atoms with E-state index in [-0.39, 0.29) is 22.7 Å². The SMILES string of the molecule is CC(=O)S[C@H](NC(=O)CC(C)C)C(C)=O. The fraction of sp³-hybridized carbons (Fsp3) is 0.700. The van der Waals surface area contributed by atoms with Crippen LogP contribution in [0.25, 0.3) is 0 Å². The van der Waals surface area contributed by atoms with Crippen molar-refractivity contribution in [2.75, 3.05) is 0 Å². The van der Waals surface area contributed by atoms with Crippen LogP contribution < -0.4 is 5.32 Å². The molecule has 0 fully saturated rings. The van der Waals surface area contributed by atoms with Crippen LogP contribution in [0.1, 0.15) is 34.1 Å². The van der Waals surface area contributed by atoms with E-state index in [0.29, 0.717) is 6.42 Å². The normalized spacial score (nSPS) is 12.3. The zero-order valence-corrected chi connectivity index (χ0v) is 10.3. The number of thioether (sulfide) groups is 1. The lowest BCUT2D eigenvalue weighted by atomic mass is 10.1. The van der Waals surface area contributed by atoms with Crippen molar-refractivity contribution in [1.82, 2.24) is 5.32 Å². The van der Waals surface area contributed by atoms with Gasteiger partial charge in [0.15, 0.2) is 10.9 Å². The molecule has 0 aromatic rings. The molecule has 0 saturated heterocycles. The molecule has 0 saturated carbocycles. The average Bonchev–Trinajstić information content (AvgIpc) is 1.99. The van der Waals surface area contributed by atoms with Crippen molar-refractivity contribution in [1.29, 1.82) is 0 Å². The maximum atomic E-state index is 11.4. The van der Waals surface area contributed by atoms with Crippen molar-refractivity contribution in [3.05, 3.63) is 0 Å². The van der Waals surface area contributed by atoms with Crippen LogP contribution in [0.3, 0.4) is 0 Å². The maximum Gasteiger partial charge on any atom is 0.221 e. The summed E-state index contributed by atoms with van der Waals surface area (Å²) in [4.78, 5) is 33.3. The lowest BCUT2D eigenvalue weighted by molar-refractivity contribution is -0.125. The number of ketones is 1. The molecule has 0 unspecified atom stereocenters. The van der Waals surface area contributed by atoms with Gasteiger partial charge in [-0.25, -0.2) is 0 Å². The Balaban J connectivity index is 4.22. The Labute approximate surface area is 94.2 Å². The summed E-state index contributed by atoms with van der Waals surface area (Å²) in [5, 5.41) is 1.61. The monoisotopic (exact) mass is 231 g/mol. The number of hydrogen-bond acceptors (Lipinski definition) is 4. The van der Waals surface area contributed by atoms with E-state index >= 15 is 0 Å². The molecular weight excluding hydrogens is 214 g/mol. The van der Waals surface area contributed by atoms with Crippen LogP contribution in [-0.2, 0) is 14.4 Å². The molecule has 0 aliphatic carbocycles. The zero-order valence-electron chi connectivity index (χ0n) is 9.49. The van der Waals surface area contributed by atoms with Crippen LogP contribution in [0, 0.1) is 5.92 Å². The summed E-state index contributed by atoms with van der Waals surface area (Å²) in [6.45, 7) is 6.56. The molecule has 0 heterocycles. The van der Waals surface area contributed by atoms with E-state index in [9.17, 15) is 14.4 Å². The smallest absolute Gasteiger partial charge is 0.221 e. The van der Waals surface area contributed by atoms with Crippen LogP contribution >= 0.6 is 11.8 Å². The predicted octanol–water partition coefficient (Wildman–Crippen LogP) is 1.34. The van der Waals surface area contributed by atoms with Gasteiger partial charge in [-0.3, -0.25) is 14.4 Å². The fourth-order valence-electron chi connectivity index (χ4n) is 0.956. The summed E-state index contributed by atoms with van der Waals surface area (Å²) in [5.41, 5.74) is 0. The first-order valence-corrected chi connectivity index (χ1v) is 5.68. The van der Waals surface area contributed by atoms with E-state index in [4.69, 9.17) is 0 Å². The minimum atomic E-state index is -0.742. The van der Waals surface area contributed by atoms with Gasteiger partial charge in [-0.15, -0.1) is 0 Å². The number of amides is 1. The lowest BCUT2D eigenvalue weighted by Gasteiger charge is -2.14. The molecule has 0 spiro atoms. The van der Waals surface area contributed by atoms with Gasteiger partial charge in [0.25, 0.3) is 0 Å². The van der Waals surface area contributed by atoms with E-state index in [1.807, 2.05) is 13.8 Å². The summed E-state index contributed by atoms with van der Waals surface area (Å²) < 4.78 is 0. The maximum absolute atomic E-state index is 11.4. The number of nitrogens with one attached hydrogen (secondary N) is 1. The summed E-state index contributed by atoms with van der Waals surface area (Å²) in [5.74, 6) is -0.175. The summed E-state index contributed by atoms with van der Waals surface area (Å²) in [6, 6.07) is 0. The third-order valence-electron chi connectivity index (χ3n) is 1.54. The molecule has 0 aliphatic rings. The van der Waals surface area contributed by atoms with Gasteiger partial charge in [0.2, 0.25) is 5.91 Å². The molecule has 86 valence electrons. The van der Waals surface area contributed by atoms with E-state index in [2.05, 4.69) is 5.32 Å². The number of carbonyl (C=O) groups excluding carboxylic acids is 3. The van der Waals surface area contributed by atoms with Gasteiger partial charge in [-0.2, -0.15) is 0 Å². The van der Waals surface area contributed by atoms with Gasteiger partial charge in [0.05, 0.1) is 0 Å². The molecule has 0 rings (SSSR count). The minimum absolute atomic E-state index is 0.181. The average molecular weight is 231 g/mol. The molecular formula is C10H17NO3S. The third-order valence-corrected chi connectivity index (χ3v) is 2.56. The second kappa shape index (κ2) is 6.61. The third kappa shape index (κ3) is 7.13. The first-order valence-electron chi connectivity index (χ1n) is 4.80. The Bertz CT molecular complexity index is 263. The number of rotatable bonds is 5. The zero-order chi connectivity index (χ0) is 12.0. The van der Waals surface area contributed by atoms with Gasteiger partial charge in [-0.1, -0.05) is 25.6 Å². The van der Waals surface area contributed by atoms with Crippen LogP contribution in [0.4, 0.5) is 0 Å².